The maximum atomic E-state index is 6.76. The molecule has 0 aromatic heterocycles. The summed E-state index contributed by atoms with van der Waals surface area (Å²) in [5.41, 5.74) is 3.65. The predicted molar refractivity (Wildman–Crippen MR) is 82.3 cm³/mol. The minimum absolute atomic E-state index is 0.154. The number of hydrogen-bond acceptors (Lipinski definition) is 1. The van der Waals surface area contributed by atoms with Gasteiger partial charge in [0.15, 0.2) is 0 Å². The van der Waals surface area contributed by atoms with Crippen molar-refractivity contribution in [3.05, 3.63) is 28.8 Å². The minimum atomic E-state index is 0.154. The summed E-state index contributed by atoms with van der Waals surface area (Å²) in [6, 6.07) is 4.41. The highest BCUT2D eigenvalue weighted by atomic mass is 35.5. The molecule has 1 saturated carbocycles. The Hall–Kier alpha value is -0.690. The van der Waals surface area contributed by atoms with Crippen LogP contribution >= 0.6 is 11.6 Å². The Morgan fingerprint density at radius 1 is 1.05 bits per heavy atom. The monoisotopic (exact) mass is 280 g/mol. The van der Waals surface area contributed by atoms with Crippen LogP contribution in [0, 0.1) is 19.8 Å². The van der Waals surface area contributed by atoms with Crippen LogP contribution in [0.25, 0.3) is 0 Å². The van der Waals surface area contributed by atoms with E-state index in [4.69, 9.17) is 16.3 Å². The van der Waals surface area contributed by atoms with Gasteiger partial charge in [-0.3, -0.25) is 0 Å². The number of ether oxygens (including phenoxy) is 1. The van der Waals surface area contributed by atoms with Crippen LogP contribution in [0.3, 0.4) is 0 Å². The second-order valence-corrected chi connectivity index (χ2v) is 6.31. The van der Waals surface area contributed by atoms with Crippen molar-refractivity contribution in [2.24, 2.45) is 5.92 Å². The summed E-state index contributed by atoms with van der Waals surface area (Å²) in [5, 5.41) is 0.154. The van der Waals surface area contributed by atoms with Crippen molar-refractivity contribution in [1.82, 2.24) is 0 Å². The lowest BCUT2D eigenvalue weighted by Gasteiger charge is -2.22. The minimum Gasteiger partial charge on any atom is -0.496 e. The summed E-state index contributed by atoms with van der Waals surface area (Å²) in [5.74, 6) is 1.63. The first-order valence-corrected chi connectivity index (χ1v) is 7.86. The summed E-state index contributed by atoms with van der Waals surface area (Å²) in [6.45, 7) is 4.21. The maximum absolute atomic E-state index is 6.76. The number of benzene rings is 1. The Morgan fingerprint density at radius 2 is 1.58 bits per heavy atom. The van der Waals surface area contributed by atoms with E-state index in [9.17, 15) is 0 Å². The standard InChI is InChI=1S/C17H25ClO/c1-12-10-15(11-13(2)17(12)19-3)16(18)14-8-6-4-5-7-9-14/h10-11,14,16H,4-9H2,1-3H3. The highest BCUT2D eigenvalue weighted by molar-refractivity contribution is 6.21. The molecule has 0 aliphatic heterocycles. The van der Waals surface area contributed by atoms with E-state index in [2.05, 4.69) is 26.0 Å². The molecule has 0 spiro atoms. The number of aryl methyl sites for hydroxylation is 2. The van der Waals surface area contributed by atoms with E-state index in [0.29, 0.717) is 5.92 Å². The summed E-state index contributed by atoms with van der Waals surface area (Å²) in [6.07, 6.45) is 7.97. The molecular weight excluding hydrogens is 256 g/mol. The fraction of sp³-hybridized carbons (Fsp3) is 0.647. The maximum Gasteiger partial charge on any atom is 0.124 e. The van der Waals surface area contributed by atoms with Crippen LogP contribution in [-0.2, 0) is 0 Å². The molecule has 0 heterocycles. The van der Waals surface area contributed by atoms with Gasteiger partial charge >= 0.3 is 0 Å². The molecule has 1 aliphatic rings. The molecule has 0 amide bonds. The SMILES string of the molecule is COc1c(C)cc(C(Cl)C2CCCCCC2)cc1C. The molecule has 0 bridgehead atoms. The molecule has 0 radical (unpaired) electrons. The average Bonchev–Trinajstić information content (AvgIpc) is 2.66. The van der Waals surface area contributed by atoms with Crippen LogP contribution < -0.4 is 4.74 Å². The number of rotatable bonds is 3. The van der Waals surface area contributed by atoms with Crippen molar-refractivity contribution >= 4 is 11.6 Å². The van der Waals surface area contributed by atoms with Gasteiger partial charge in [-0.15, -0.1) is 11.6 Å². The van der Waals surface area contributed by atoms with E-state index in [1.807, 2.05) is 0 Å². The largest absolute Gasteiger partial charge is 0.496 e. The predicted octanol–water partition coefficient (Wildman–Crippen LogP) is 5.56. The molecule has 1 fully saturated rings. The van der Waals surface area contributed by atoms with Crippen molar-refractivity contribution in [2.45, 2.75) is 57.7 Å². The Kier molecular flexibility index (Phi) is 5.15. The van der Waals surface area contributed by atoms with E-state index < -0.39 is 0 Å². The first-order chi connectivity index (χ1) is 9.13. The molecule has 106 valence electrons. The summed E-state index contributed by atoms with van der Waals surface area (Å²) in [7, 11) is 1.73. The third-order valence-corrected chi connectivity index (χ3v) is 4.93. The fourth-order valence-corrected chi connectivity index (χ4v) is 3.72. The Balaban J connectivity index is 2.20. The third-order valence-electron chi connectivity index (χ3n) is 4.32. The molecular formula is C17H25ClO. The van der Waals surface area contributed by atoms with Crippen molar-refractivity contribution in [2.75, 3.05) is 7.11 Å². The van der Waals surface area contributed by atoms with Crippen LogP contribution in [0.15, 0.2) is 12.1 Å². The molecule has 0 N–H and O–H groups in total. The first kappa shape index (κ1) is 14.7. The normalized spacial score (nSPS) is 18.9. The third kappa shape index (κ3) is 3.45. The van der Waals surface area contributed by atoms with Crippen molar-refractivity contribution < 1.29 is 4.74 Å². The van der Waals surface area contributed by atoms with Crippen molar-refractivity contribution in [1.29, 1.82) is 0 Å². The lowest BCUT2D eigenvalue weighted by Crippen LogP contribution is -2.08. The van der Waals surface area contributed by atoms with Gasteiger partial charge in [-0.25, -0.2) is 0 Å². The number of alkyl halides is 1. The van der Waals surface area contributed by atoms with Crippen LogP contribution in [0.4, 0.5) is 0 Å². The van der Waals surface area contributed by atoms with Crippen molar-refractivity contribution in [3.8, 4) is 5.75 Å². The summed E-state index contributed by atoms with van der Waals surface area (Å²) < 4.78 is 5.43. The van der Waals surface area contributed by atoms with Gasteiger partial charge in [-0.05, 0) is 49.3 Å². The molecule has 1 nitrogen and oxygen atoms in total. The topological polar surface area (TPSA) is 9.23 Å². The fourth-order valence-electron chi connectivity index (χ4n) is 3.34. The van der Waals surface area contributed by atoms with Gasteiger partial charge in [0.2, 0.25) is 0 Å². The second kappa shape index (κ2) is 6.65. The van der Waals surface area contributed by atoms with Crippen LogP contribution in [-0.4, -0.2) is 7.11 Å². The molecule has 1 unspecified atom stereocenters. The van der Waals surface area contributed by atoms with E-state index in [1.54, 1.807) is 7.11 Å². The van der Waals surface area contributed by atoms with E-state index in [0.717, 1.165) is 5.75 Å². The first-order valence-electron chi connectivity index (χ1n) is 7.42. The summed E-state index contributed by atoms with van der Waals surface area (Å²) >= 11 is 6.76. The van der Waals surface area contributed by atoms with Gasteiger partial charge in [0.1, 0.15) is 5.75 Å². The highest BCUT2D eigenvalue weighted by Gasteiger charge is 2.23. The lowest BCUT2D eigenvalue weighted by molar-refractivity contribution is 0.407. The van der Waals surface area contributed by atoms with Gasteiger partial charge < -0.3 is 4.74 Å². The molecule has 2 rings (SSSR count). The van der Waals surface area contributed by atoms with Crippen LogP contribution in [0.2, 0.25) is 0 Å². The van der Waals surface area contributed by atoms with E-state index in [-0.39, 0.29) is 5.38 Å². The van der Waals surface area contributed by atoms with Gasteiger partial charge in [0.25, 0.3) is 0 Å². The quantitative estimate of drug-likeness (QED) is 0.520. The zero-order valence-electron chi connectivity index (χ0n) is 12.3. The molecule has 1 atom stereocenters. The van der Waals surface area contributed by atoms with E-state index >= 15 is 0 Å². The zero-order chi connectivity index (χ0) is 13.8. The number of hydrogen-bond donors (Lipinski definition) is 0. The zero-order valence-corrected chi connectivity index (χ0v) is 13.1. The van der Waals surface area contributed by atoms with Gasteiger partial charge in [-0.1, -0.05) is 37.8 Å². The molecule has 19 heavy (non-hydrogen) atoms. The number of halogens is 1. The van der Waals surface area contributed by atoms with Crippen LogP contribution in [0.1, 0.15) is 60.6 Å². The smallest absolute Gasteiger partial charge is 0.124 e. The van der Waals surface area contributed by atoms with Gasteiger partial charge in [-0.2, -0.15) is 0 Å². The van der Waals surface area contributed by atoms with Crippen LogP contribution in [0.5, 0.6) is 5.75 Å². The Labute approximate surface area is 122 Å². The molecule has 1 aliphatic carbocycles. The molecule has 1 aromatic rings. The van der Waals surface area contributed by atoms with Gasteiger partial charge in [0, 0.05) is 0 Å². The van der Waals surface area contributed by atoms with Crippen molar-refractivity contribution in [3.63, 3.8) is 0 Å². The number of methoxy groups -OCH3 is 1. The molecule has 1 aromatic carbocycles. The Bertz CT molecular complexity index is 396. The second-order valence-electron chi connectivity index (χ2n) is 5.84. The average molecular weight is 281 g/mol. The molecule has 0 saturated heterocycles. The van der Waals surface area contributed by atoms with E-state index in [1.165, 1.54) is 55.2 Å². The summed E-state index contributed by atoms with van der Waals surface area (Å²) in [4.78, 5) is 0. The Morgan fingerprint density at radius 3 is 2.05 bits per heavy atom. The lowest BCUT2D eigenvalue weighted by atomic mass is 9.90. The molecule has 2 heteroatoms. The highest BCUT2D eigenvalue weighted by Crippen LogP contribution is 2.39. The van der Waals surface area contributed by atoms with Gasteiger partial charge in [0.05, 0.1) is 12.5 Å².